The van der Waals surface area contributed by atoms with Crippen LogP contribution >= 0.6 is 23.2 Å². The molecule has 0 saturated heterocycles. The Hall–Kier alpha value is -2.04. The predicted molar refractivity (Wildman–Crippen MR) is 128 cm³/mol. The van der Waals surface area contributed by atoms with Gasteiger partial charge in [-0.3, -0.25) is 4.79 Å². The summed E-state index contributed by atoms with van der Waals surface area (Å²) in [7, 11) is 0. The largest absolute Gasteiger partial charge is 0.435 e. The number of hydrogen-bond acceptors (Lipinski definition) is 3. The summed E-state index contributed by atoms with van der Waals surface area (Å²) in [5.41, 5.74) is 3.97. The summed E-state index contributed by atoms with van der Waals surface area (Å²) in [5, 5.41) is 4.14. The molecule has 4 saturated carbocycles. The number of benzene rings is 2. The first kappa shape index (κ1) is 20.6. The third-order valence-corrected chi connectivity index (χ3v) is 8.37. The second-order valence-electron chi connectivity index (χ2n) is 10.4. The molecule has 1 N–H and O–H groups in total. The summed E-state index contributed by atoms with van der Waals surface area (Å²) in [5.74, 6) is 3.12. The van der Waals surface area contributed by atoms with Gasteiger partial charge < -0.3 is 9.73 Å². The minimum absolute atomic E-state index is 0.125. The molecule has 7 rings (SSSR count). The number of fused-ring (bicyclic) bond motifs is 1. The summed E-state index contributed by atoms with van der Waals surface area (Å²) >= 11 is 12.4. The standard InChI is InChI=1S/C26H26Cl2N2O2/c1-14-2-3-18(25-30-22-9-19(27)8-20(28)24(22)32-25)7-21(14)29-23(31)13-26-10-15-4-16(11-26)6-17(5-15)12-26/h2-3,7-9,15-17H,4-6,10-13H2,1H3,(H,29,31). The number of oxazole rings is 1. The zero-order valence-corrected chi connectivity index (χ0v) is 19.6. The van der Waals surface area contributed by atoms with Gasteiger partial charge in [0.05, 0.1) is 5.02 Å². The van der Waals surface area contributed by atoms with Gasteiger partial charge in [-0.25, -0.2) is 4.98 Å². The Morgan fingerprint density at radius 3 is 2.47 bits per heavy atom. The van der Waals surface area contributed by atoms with E-state index in [-0.39, 0.29) is 11.3 Å². The molecule has 0 unspecified atom stereocenters. The van der Waals surface area contributed by atoms with Crippen LogP contribution in [0, 0.1) is 30.1 Å². The van der Waals surface area contributed by atoms with Crippen molar-refractivity contribution in [3.8, 4) is 11.5 Å². The maximum Gasteiger partial charge on any atom is 0.227 e. The van der Waals surface area contributed by atoms with E-state index in [4.69, 9.17) is 27.6 Å². The van der Waals surface area contributed by atoms with E-state index in [1.807, 2.05) is 25.1 Å². The van der Waals surface area contributed by atoms with Crippen molar-refractivity contribution < 1.29 is 9.21 Å². The van der Waals surface area contributed by atoms with Crippen molar-refractivity contribution in [2.24, 2.45) is 23.2 Å². The van der Waals surface area contributed by atoms with Crippen LogP contribution in [0.1, 0.15) is 50.5 Å². The van der Waals surface area contributed by atoms with Gasteiger partial charge in [0.2, 0.25) is 11.8 Å². The maximum absolute atomic E-state index is 13.1. The van der Waals surface area contributed by atoms with Crippen molar-refractivity contribution in [1.82, 2.24) is 4.98 Å². The Labute approximate surface area is 197 Å². The third-order valence-electron chi connectivity index (χ3n) is 7.87. The van der Waals surface area contributed by atoms with Gasteiger partial charge in [-0.2, -0.15) is 0 Å². The van der Waals surface area contributed by atoms with Gasteiger partial charge >= 0.3 is 0 Å². The Morgan fingerprint density at radius 2 is 1.78 bits per heavy atom. The predicted octanol–water partition coefficient (Wildman–Crippen LogP) is 7.66. The molecule has 1 aromatic heterocycles. The highest BCUT2D eigenvalue weighted by atomic mass is 35.5. The van der Waals surface area contributed by atoms with Crippen LogP contribution in [0.3, 0.4) is 0 Å². The lowest BCUT2D eigenvalue weighted by Gasteiger charge is -2.56. The van der Waals surface area contributed by atoms with E-state index in [0.717, 1.165) is 34.6 Å². The van der Waals surface area contributed by atoms with E-state index in [9.17, 15) is 4.79 Å². The lowest BCUT2D eigenvalue weighted by atomic mass is 9.49. The Bertz CT molecular complexity index is 1200. The molecule has 1 heterocycles. The number of aromatic nitrogens is 1. The molecular weight excluding hydrogens is 443 g/mol. The van der Waals surface area contributed by atoms with E-state index in [2.05, 4.69) is 10.3 Å². The van der Waals surface area contributed by atoms with Crippen LogP contribution in [0.25, 0.3) is 22.6 Å². The minimum Gasteiger partial charge on any atom is -0.435 e. The van der Waals surface area contributed by atoms with Gasteiger partial charge in [0.15, 0.2) is 5.58 Å². The molecule has 4 aliphatic carbocycles. The highest BCUT2D eigenvalue weighted by Gasteiger charge is 2.51. The molecule has 4 fully saturated rings. The number of nitrogens with zero attached hydrogens (tertiary/aromatic N) is 1. The molecule has 2 aromatic carbocycles. The van der Waals surface area contributed by atoms with Gasteiger partial charge in [-0.05, 0) is 98.4 Å². The number of aryl methyl sites for hydroxylation is 1. The topological polar surface area (TPSA) is 55.1 Å². The SMILES string of the molecule is Cc1ccc(-c2nc3cc(Cl)cc(Cl)c3o2)cc1NC(=O)CC12CC3CC(CC(C3)C1)C2. The number of amides is 1. The van der Waals surface area contributed by atoms with E-state index in [1.54, 1.807) is 12.1 Å². The van der Waals surface area contributed by atoms with E-state index >= 15 is 0 Å². The van der Waals surface area contributed by atoms with Crippen LogP contribution in [0.5, 0.6) is 0 Å². The van der Waals surface area contributed by atoms with E-state index in [1.165, 1.54) is 38.5 Å². The number of anilines is 1. The van der Waals surface area contributed by atoms with Gasteiger partial charge in [0.25, 0.3) is 0 Å². The maximum atomic E-state index is 13.1. The first-order valence-corrected chi connectivity index (χ1v) is 12.3. The average Bonchev–Trinajstić information content (AvgIpc) is 3.12. The molecule has 4 bridgehead atoms. The summed E-state index contributed by atoms with van der Waals surface area (Å²) in [6.45, 7) is 2.01. The fourth-order valence-corrected chi connectivity index (χ4v) is 7.54. The quantitative estimate of drug-likeness (QED) is 0.427. The molecule has 1 amide bonds. The number of carbonyl (C=O) groups excluding carboxylic acids is 1. The van der Waals surface area contributed by atoms with E-state index < -0.39 is 0 Å². The highest BCUT2D eigenvalue weighted by Crippen LogP contribution is 2.61. The van der Waals surface area contributed by atoms with Crippen molar-refractivity contribution in [2.45, 2.75) is 51.9 Å². The molecule has 32 heavy (non-hydrogen) atoms. The van der Waals surface area contributed by atoms with Gasteiger partial charge in [0, 0.05) is 22.7 Å². The van der Waals surface area contributed by atoms with Gasteiger partial charge in [0.1, 0.15) is 5.52 Å². The summed E-state index contributed by atoms with van der Waals surface area (Å²) in [6.07, 6.45) is 8.51. The summed E-state index contributed by atoms with van der Waals surface area (Å²) < 4.78 is 5.92. The van der Waals surface area contributed by atoms with Crippen LogP contribution in [-0.2, 0) is 4.79 Å². The zero-order chi connectivity index (χ0) is 22.0. The normalized spacial score (nSPS) is 28.4. The van der Waals surface area contributed by atoms with Crippen molar-refractivity contribution in [1.29, 1.82) is 0 Å². The smallest absolute Gasteiger partial charge is 0.227 e. The van der Waals surface area contributed by atoms with Gasteiger partial charge in [-0.1, -0.05) is 29.3 Å². The van der Waals surface area contributed by atoms with E-state index in [0.29, 0.717) is 33.5 Å². The second-order valence-corrected chi connectivity index (χ2v) is 11.3. The first-order valence-electron chi connectivity index (χ1n) is 11.5. The van der Waals surface area contributed by atoms with Gasteiger partial charge in [-0.15, -0.1) is 0 Å². The Morgan fingerprint density at radius 1 is 1.09 bits per heavy atom. The fourth-order valence-electron chi connectivity index (χ4n) is 7.01. The molecule has 0 atom stereocenters. The lowest BCUT2D eigenvalue weighted by Crippen LogP contribution is -2.47. The molecule has 166 valence electrons. The Kier molecular flexibility index (Phi) is 4.82. The number of nitrogens with one attached hydrogen (secondary N) is 1. The zero-order valence-electron chi connectivity index (χ0n) is 18.1. The third kappa shape index (κ3) is 3.62. The molecular formula is C26H26Cl2N2O2. The van der Waals surface area contributed by atoms with Crippen molar-refractivity contribution in [3.63, 3.8) is 0 Å². The molecule has 0 spiro atoms. The lowest BCUT2D eigenvalue weighted by molar-refractivity contribution is -0.124. The van der Waals surface area contributed by atoms with Crippen LogP contribution in [0.4, 0.5) is 5.69 Å². The van der Waals surface area contributed by atoms with Crippen molar-refractivity contribution >= 4 is 45.9 Å². The fraction of sp³-hybridized carbons (Fsp3) is 0.462. The molecule has 0 aliphatic heterocycles. The number of carbonyl (C=O) groups is 1. The van der Waals surface area contributed by atoms with Crippen molar-refractivity contribution in [3.05, 3.63) is 45.9 Å². The number of halogens is 2. The number of hydrogen-bond donors (Lipinski definition) is 1. The van der Waals surface area contributed by atoms with Crippen LogP contribution in [0.2, 0.25) is 10.0 Å². The Balaban J connectivity index is 1.24. The number of rotatable bonds is 4. The molecule has 4 nitrogen and oxygen atoms in total. The first-order chi connectivity index (χ1) is 15.4. The van der Waals surface area contributed by atoms with Crippen LogP contribution in [0.15, 0.2) is 34.7 Å². The second kappa shape index (κ2) is 7.50. The van der Waals surface area contributed by atoms with Crippen LogP contribution in [-0.4, -0.2) is 10.9 Å². The van der Waals surface area contributed by atoms with Crippen molar-refractivity contribution in [2.75, 3.05) is 5.32 Å². The monoisotopic (exact) mass is 468 g/mol. The summed E-state index contributed by atoms with van der Waals surface area (Å²) in [6, 6.07) is 9.25. The average molecular weight is 469 g/mol. The minimum atomic E-state index is 0.125. The molecule has 4 aliphatic rings. The van der Waals surface area contributed by atoms with Crippen LogP contribution < -0.4 is 5.32 Å². The molecule has 6 heteroatoms. The summed E-state index contributed by atoms with van der Waals surface area (Å²) in [4.78, 5) is 17.7. The molecule has 3 aromatic rings. The molecule has 0 radical (unpaired) electrons. The highest BCUT2D eigenvalue weighted by molar-refractivity contribution is 6.38.